The molecule has 3 rings (SSSR count). The topological polar surface area (TPSA) is 111 Å². The lowest BCUT2D eigenvalue weighted by Gasteiger charge is -2.14. The standard InChI is InChI=1S/C16H14ClFN2O6S/c17-8-1-3-9(4-2-8)26-16(24)25-7-12-11(21)5-13(27-12)20-6-10(18)14(22)19-15(20)23/h1-4,6,11-13,21H,5,7H2,(H,19,22,23)/t11-,12+,13+/m0/s1. The number of carbonyl (C=O) groups excluding carboxylic acids is 1. The van der Waals surface area contributed by atoms with E-state index in [1.807, 2.05) is 4.98 Å². The van der Waals surface area contributed by atoms with Crippen LogP contribution in [-0.4, -0.2) is 38.8 Å². The van der Waals surface area contributed by atoms with Gasteiger partial charge in [-0.15, -0.1) is 11.8 Å². The zero-order valence-electron chi connectivity index (χ0n) is 13.6. The van der Waals surface area contributed by atoms with Crippen LogP contribution in [0.25, 0.3) is 0 Å². The van der Waals surface area contributed by atoms with Crippen molar-refractivity contribution in [3.05, 3.63) is 62.1 Å². The fraction of sp³-hybridized carbons (Fsp3) is 0.312. The van der Waals surface area contributed by atoms with Crippen LogP contribution in [0, 0.1) is 5.82 Å². The maximum atomic E-state index is 13.4. The molecule has 1 fully saturated rings. The lowest BCUT2D eigenvalue weighted by atomic mass is 10.2. The molecule has 144 valence electrons. The third-order valence-electron chi connectivity index (χ3n) is 3.82. The summed E-state index contributed by atoms with van der Waals surface area (Å²) in [5.74, 6) is -0.854. The van der Waals surface area contributed by atoms with Gasteiger partial charge in [-0.25, -0.2) is 9.59 Å². The minimum Gasteiger partial charge on any atom is -0.433 e. The molecule has 0 unspecified atom stereocenters. The molecule has 0 aliphatic carbocycles. The van der Waals surface area contributed by atoms with Gasteiger partial charge in [-0.05, 0) is 24.3 Å². The third-order valence-corrected chi connectivity index (χ3v) is 5.60. The summed E-state index contributed by atoms with van der Waals surface area (Å²) in [6.45, 7) is -0.171. The van der Waals surface area contributed by atoms with Gasteiger partial charge in [-0.1, -0.05) is 11.6 Å². The van der Waals surface area contributed by atoms with Crippen molar-refractivity contribution in [1.82, 2.24) is 9.55 Å². The third kappa shape index (κ3) is 4.71. The number of nitrogens with zero attached hydrogens (tertiary/aromatic N) is 1. The highest BCUT2D eigenvalue weighted by Gasteiger charge is 2.36. The Bertz CT molecular complexity index is 947. The molecule has 1 aliphatic heterocycles. The highest BCUT2D eigenvalue weighted by atomic mass is 35.5. The number of aliphatic hydroxyl groups is 1. The van der Waals surface area contributed by atoms with Gasteiger partial charge in [0.15, 0.2) is 0 Å². The fourth-order valence-corrected chi connectivity index (χ4v) is 4.05. The summed E-state index contributed by atoms with van der Waals surface area (Å²) in [4.78, 5) is 36.5. The van der Waals surface area contributed by atoms with Crippen molar-refractivity contribution in [1.29, 1.82) is 0 Å². The molecule has 0 saturated carbocycles. The van der Waals surface area contributed by atoms with Gasteiger partial charge in [0, 0.05) is 11.4 Å². The number of aromatic amines is 1. The van der Waals surface area contributed by atoms with E-state index in [2.05, 4.69) is 0 Å². The van der Waals surface area contributed by atoms with Crippen molar-refractivity contribution >= 4 is 29.5 Å². The molecule has 2 N–H and O–H groups in total. The quantitative estimate of drug-likeness (QED) is 0.578. The van der Waals surface area contributed by atoms with Crippen LogP contribution in [-0.2, 0) is 4.74 Å². The molecule has 0 radical (unpaired) electrons. The zero-order valence-corrected chi connectivity index (χ0v) is 15.2. The summed E-state index contributed by atoms with van der Waals surface area (Å²) in [6.07, 6.45) is -0.939. The number of aliphatic hydroxyl groups excluding tert-OH is 1. The second kappa shape index (κ2) is 8.15. The Labute approximate surface area is 160 Å². The molecule has 1 aromatic carbocycles. The van der Waals surface area contributed by atoms with Crippen LogP contribution >= 0.6 is 23.4 Å². The van der Waals surface area contributed by atoms with Crippen LogP contribution in [0.4, 0.5) is 9.18 Å². The maximum Gasteiger partial charge on any atom is 0.513 e. The van der Waals surface area contributed by atoms with Crippen molar-refractivity contribution in [2.75, 3.05) is 6.61 Å². The summed E-state index contributed by atoms with van der Waals surface area (Å²) in [5, 5.41) is 9.45. The first-order valence-electron chi connectivity index (χ1n) is 7.78. The summed E-state index contributed by atoms with van der Waals surface area (Å²) >= 11 is 6.86. The van der Waals surface area contributed by atoms with Gasteiger partial charge in [0.25, 0.3) is 5.56 Å². The first kappa shape index (κ1) is 19.5. The number of ether oxygens (including phenoxy) is 2. The molecule has 0 bridgehead atoms. The van der Waals surface area contributed by atoms with E-state index < -0.39 is 39.9 Å². The van der Waals surface area contributed by atoms with E-state index in [9.17, 15) is 23.9 Å². The lowest BCUT2D eigenvalue weighted by Crippen LogP contribution is -2.32. The molecule has 1 saturated heterocycles. The number of carbonyl (C=O) groups is 1. The highest BCUT2D eigenvalue weighted by molar-refractivity contribution is 8.00. The fourth-order valence-electron chi connectivity index (χ4n) is 2.49. The monoisotopic (exact) mass is 416 g/mol. The summed E-state index contributed by atoms with van der Waals surface area (Å²) in [6, 6.07) is 6.09. The molecule has 3 atom stereocenters. The number of thioether (sulfide) groups is 1. The number of benzene rings is 1. The molecule has 2 heterocycles. The first-order valence-corrected chi connectivity index (χ1v) is 9.10. The molecule has 2 aromatic rings. The van der Waals surface area contributed by atoms with Crippen molar-refractivity contribution in [3.8, 4) is 5.75 Å². The van der Waals surface area contributed by atoms with Crippen LogP contribution in [0.2, 0.25) is 5.02 Å². The van der Waals surface area contributed by atoms with Gasteiger partial charge in [0.05, 0.1) is 22.9 Å². The summed E-state index contributed by atoms with van der Waals surface area (Å²) in [7, 11) is 0. The lowest BCUT2D eigenvalue weighted by molar-refractivity contribution is 0.0806. The van der Waals surface area contributed by atoms with E-state index in [0.29, 0.717) is 5.02 Å². The minimum atomic E-state index is -1.11. The summed E-state index contributed by atoms with van der Waals surface area (Å²) < 4.78 is 24.4. The highest BCUT2D eigenvalue weighted by Crippen LogP contribution is 2.41. The van der Waals surface area contributed by atoms with Gasteiger partial charge in [-0.3, -0.25) is 14.3 Å². The zero-order chi connectivity index (χ0) is 19.6. The van der Waals surface area contributed by atoms with E-state index in [0.717, 1.165) is 22.5 Å². The van der Waals surface area contributed by atoms with Crippen LogP contribution in [0.15, 0.2) is 40.1 Å². The molecule has 27 heavy (non-hydrogen) atoms. The van der Waals surface area contributed by atoms with E-state index >= 15 is 0 Å². The Morgan fingerprint density at radius 1 is 1.37 bits per heavy atom. The number of rotatable bonds is 4. The molecule has 0 spiro atoms. The molecule has 0 amide bonds. The predicted molar refractivity (Wildman–Crippen MR) is 95.7 cm³/mol. The van der Waals surface area contributed by atoms with Crippen molar-refractivity contribution in [3.63, 3.8) is 0 Å². The smallest absolute Gasteiger partial charge is 0.433 e. The normalized spacial score (nSPS) is 21.8. The number of aromatic nitrogens is 2. The molecule has 1 aliphatic rings. The molecular weight excluding hydrogens is 403 g/mol. The SMILES string of the molecule is O=C(OC[C@H]1S[C@@H](n2cc(F)c(=O)[nH]c2=O)C[C@@H]1O)Oc1ccc(Cl)cc1. The second-order valence-corrected chi connectivity index (χ2v) is 7.55. The molecular formula is C16H14ClFN2O6S. The van der Waals surface area contributed by atoms with Crippen molar-refractivity contribution < 1.29 is 23.8 Å². The Morgan fingerprint density at radius 3 is 2.78 bits per heavy atom. The number of H-pyrrole nitrogens is 1. The Balaban J connectivity index is 1.58. The van der Waals surface area contributed by atoms with Crippen LogP contribution in [0.1, 0.15) is 11.8 Å². The average Bonchev–Trinajstić information content (AvgIpc) is 2.99. The number of hydrogen-bond donors (Lipinski definition) is 2. The van der Waals surface area contributed by atoms with Gasteiger partial charge in [0.2, 0.25) is 5.82 Å². The predicted octanol–water partition coefficient (Wildman–Crippen LogP) is 1.91. The van der Waals surface area contributed by atoms with Gasteiger partial charge in [0.1, 0.15) is 12.4 Å². The summed E-state index contributed by atoms with van der Waals surface area (Å²) in [5.41, 5.74) is -1.89. The van der Waals surface area contributed by atoms with Crippen LogP contribution < -0.4 is 16.0 Å². The van der Waals surface area contributed by atoms with E-state index in [-0.39, 0.29) is 18.8 Å². The Kier molecular flexibility index (Phi) is 5.88. The number of nitrogens with one attached hydrogen (secondary N) is 1. The number of hydrogen-bond acceptors (Lipinski definition) is 7. The van der Waals surface area contributed by atoms with Gasteiger partial charge < -0.3 is 14.6 Å². The van der Waals surface area contributed by atoms with E-state index in [4.69, 9.17) is 21.1 Å². The first-order chi connectivity index (χ1) is 12.8. The second-order valence-electron chi connectivity index (χ2n) is 5.69. The van der Waals surface area contributed by atoms with Crippen LogP contribution in [0.5, 0.6) is 5.75 Å². The van der Waals surface area contributed by atoms with Gasteiger partial charge in [-0.2, -0.15) is 4.39 Å². The van der Waals surface area contributed by atoms with E-state index in [1.165, 1.54) is 12.1 Å². The minimum absolute atomic E-state index is 0.121. The Morgan fingerprint density at radius 2 is 2.07 bits per heavy atom. The largest absolute Gasteiger partial charge is 0.513 e. The van der Waals surface area contributed by atoms with Crippen molar-refractivity contribution in [2.45, 2.75) is 23.1 Å². The Hall–Kier alpha value is -2.30. The molecule has 11 heteroatoms. The maximum absolute atomic E-state index is 13.4. The van der Waals surface area contributed by atoms with E-state index in [1.54, 1.807) is 12.1 Å². The molecule has 1 aromatic heterocycles. The molecule has 8 nitrogen and oxygen atoms in total. The van der Waals surface area contributed by atoms with Gasteiger partial charge >= 0.3 is 11.8 Å². The van der Waals surface area contributed by atoms with Crippen molar-refractivity contribution in [2.24, 2.45) is 0 Å². The average molecular weight is 417 g/mol. The number of halogens is 2. The van der Waals surface area contributed by atoms with Crippen LogP contribution in [0.3, 0.4) is 0 Å².